The maximum absolute atomic E-state index is 14.7. The van der Waals surface area contributed by atoms with Crippen LogP contribution in [0.2, 0.25) is 0 Å². The molecule has 0 saturated carbocycles. The number of aromatic nitrogens is 1. The summed E-state index contributed by atoms with van der Waals surface area (Å²) in [6.45, 7) is 3.66. The van der Waals surface area contributed by atoms with E-state index in [1.807, 2.05) is 0 Å². The fourth-order valence-electron chi connectivity index (χ4n) is 3.20. The monoisotopic (exact) mass is 447 g/mol. The van der Waals surface area contributed by atoms with Crippen molar-refractivity contribution in [2.45, 2.75) is 24.0 Å². The number of ether oxygens (including phenoxy) is 1. The quantitative estimate of drug-likeness (QED) is 0.580. The van der Waals surface area contributed by atoms with Crippen LogP contribution in [0, 0.1) is 18.6 Å². The Morgan fingerprint density at radius 1 is 1.10 bits per heavy atom. The molecule has 0 aliphatic rings. The number of benzene rings is 2. The first-order valence-corrected chi connectivity index (χ1v) is 10.8. The number of sulfone groups is 1. The molecule has 1 unspecified atom stereocenters. The highest BCUT2D eigenvalue weighted by molar-refractivity contribution is 7.92. The molecule has 1 atom stereocenters. The lowest BCUT2D eigenvalue weighted by atomic mass is 10.0. The summed E-state index contributed by atoms with van der Waals surface area (Å²) in [4.78, 5) is 14.9. The topological polar surface area (TPSA) is 93.6 Å². The van der Waals surface area contributed by atoms with E-state index in [-0.39, 0.29) is 21.7 Å². The van der Waals surface area contributed by atoms with E-state index in [4.69, 9.17) is 9.84 Å². The van der Waals surface area contributed by atoms with Gasteiger partial charge in [0.15, 0.2) is 9.84 Å². The Balaban J connectivity index is 2.23. The van der Waals surface area contributed by atoms with Gasteiger partial charge in [0, 0.05) is 11.8 Å². The van der Waals surface area contributed by atoms with Crippen LogP contribution >= 0.6 is 0 Å². The summed E-state index contributed by atoms with van der Waals surface area (Å²) in [6.07, 6.45) is 1.07. The normalized spacial score (nSPS) is 12.4. The molecule has 0 radical (unpaired) electrons. The molecule has 2 aromatic carbocycles. The molecular formula is C22H19F2NO5S. The smallest absolute Gasteiger partial charge is 0.354 e. The molecule has 1 aromatic heterocycles. The molecule has 1 heterocycles. The van der Waals surface area contributed by atoms with Crippen molar-refractivity contribution in [3.8, 4) is 5.75 Å². The molecule has 0 amide bonds. The Hall–Kier alpha value is -3.33. The van der Waals surface area contributed by atoms with Crippen LogP contribution in [0.25, 0.3) is 0 Å². The molecule has 3 aromatic rings. The number of halogens is 2. The van der Waals surface area contributed by atoms with Gasteiger partial charge in [0.2, 0.25) is 0 Å². The largest absolute Gasteiger partial charge is 0.494 e. The molecule has 6 nitrogen and oxygen atoms in total. The lowest BCUT2D eigenvalue weighted by molar-refractivity contribution is 0.0690. The first-order valence-electron chi connectivity index (χ1n) is 9.26. The second-order valence-electron chi connectivity index (χ2n) is 6.73. The molecule has 0 fully saturated rings. The van der Waals surface area contributed by atoms with Gasteiger partial charge in [-0.1, -0.05) is 0 Å². The van der Waals surface area contributed by atoms with Crippen LogP contribution in [-0.4, -0.2) is 31.1 Å². The van der Waals surface area contributed by atoms with E-state index in [0.717, 1.165) is 24.4 Å². The Kier molecular flexibility index (Phi) is 6.35. The van der Waals surface area contributed by atoms with Crippen LogP contribution in [0.15, 0.2) is 59.6 Å². The number of hydrogen-bond acceptors (Lipinski definition) is 5. The zero-order valence-corrected chi connectivity index (χ0v) is 17.5. The highest BCUT2D eigenvalue weighted by Gasteiger charge is 2.35. The van der Waals surface area contributed by atoms with Gasteiger partial charge in [-0.15, -0.1) is 0 Å². The minimum Gasteiger partial charge on any atom is -0.494 e. The fraction of sp³-hybridized carbons (Fsp3) is 0.182. The van der Waals surface area contributed by atoms with Gasteiger partial charge in [0.05, 0.1) is 11.5 Å². The molecule has 0 bridgehead atoms. The predicted octanol–water partition coefficient (Wildman–Crippen LogP) is 4.33. The van der Waals surface area contributed by atoms with Crippen molar-refractivity contribution >= 4 is 15.8 Å². The van der Waals surface area contributed by atoms with E-state index >= 15 is 0 Å². The van der Waals surface area contributed by atoms with Crippen molar-refractivity contribution in [3.05, 3.63) is 88.7 Å². The van der Waals surface area contributed by atoms with Crippen LogP contribution < -0.4 is 4.74 Å². The third kappa shape index (κ3) is 4.56. The molecule has 0 aliphatic carbocycles. The Labute approximate surface area is 178 Å². The number of aryl methyl sites for hydroxylation is 1. The minimum atomic E-state index is -4.28. The number of carboxylic acid groups (broad SMARTS) is 1. The molecule has 162 valence electrons. The van der Waals surface area contributed by atoms with Gasteiger partial charge >= 0.3 is 5.97 Å². The number of carboxylic acids is 1. The van der Waals surface area contributed by atoms with E-state index in [0.29, 0.717) is 12.4 Å². The van der Waals surface area contributed by atoms with E-state index in [9.17, 15) is 22.0 Å². The first-order chi connectivity index (χ1) is 14.6. The van der Waals surface area contributed by atoms with E-state index < -0.39 is 38.3 Å². The fourth-order valence-corrected chi connectivity index (χ4v) is 5.09. The van der Waals surface area contributed by atoms with Gasteiger partial charge < -0.3 is 9.84 Å². The third-order valence-corrected chi connectivity index (χ3v) is 6.72. The summed E-state index contributed by atoms with van der Waals surface area (Å²) >= 11 is 0. The van der Waals surface area contributed by atoms with Crippen LogP contribution in [0.1, 0.15) is 39.4 Å². The van der Waals surface area contributed by atoms with E-state index in [1.54, 1.807) is 6.92 Å². The van der Waals surface area contributed by atoms with Crippen LogP contribution in [-0.2, 0) is 9.84 Å². The number of hydrogen-bond donors (Lipinski definition) is 1. The van der Waals surface area contributed by atoms with Crippen molar-refractivity contribution in [2.24, 2.45) is 0 Å². The predicted molar refractivity (Wildman–Crippen MR) is 109 cm³/mol. The van der Waals surface area contributed by atoms with Crippen molar-refractivity contribution in [2.75, 3.05) is 6.61 Å². The van der Waals surface area contributed by atoms with Crippen molar-refractivity contribution < 1.29 is 31.8 Å². The lowest BCUT2D eigenvalue weighted by Crippen LogP contribution is -2.19. The number of nitrogens with zero attached hydrogens (tertiary/aromatic N) is 1. The second-order valence-corrected chi connectivity index (χ2v) is 8.76. The summed E-state index contributed by atoms with van der Waals surface area (Å²) in [6, 6.07) is 9.31. The Morgan fingerprint density at radius 3 is 2.35 bits per heavy atom. The summed E-state index contributed by atoms with van der Waals surface area (Å²) < 4.78 is 61.1. The molecule has 0 spiro atoms. The summed E-state index contributed by atoms with van der Waals surface area (Å²) in [5.74, 6) is -2.56. The van der Waals surface area contributed by atoms with Crippen LogP contribution in [0.3, 0.4) is 0 Å². The maximum Gasteiger partial charge on any atom is 0.354 e. The number of carbonyl (C=O) groups is 1. The highest BCUT2D eigenvalue weighted by atomic mass is 32.2. The number of rotatable bonds is 7. The number of aromatic carboxylic acids is 1. The zero-order chi connectivity index (χ0) is 22.8. The van der Waals surface area contributed by atoms with Crippen molar-refractivity contribution in [1.29, 1.82) is 0 Å². The maximum atomic E-state index is 14.7. The molecule has 0 aliphatic heterocycles. The van der Waals surface area contributed by atoms with Crippen molar-refractivity contribution in [3.63, 3.8) is 0 Å². The van der Waals surface area contributed by atoms with Crippen LogP contribution in [0.5, 0.6) is 5.75 Å². The van der Waals surface area contributed by atoms with E-state index in [2.05, 4.69) is 4.98 Å². The first kappa shape index (κ1) is 22.4. The Bertz CT molecular complexity index is 1230. The van der Waals surface area contributed by atoms with Gasteiger partial charge in [-0.2, -0.15) is 0 Å². The van der Waals surface area contributed by atoms with Gasteiger partial charge in [-0.05, 0) is 73.5 Å². The average Bonchev–Trinajstić information content (AvgIpc) is 2.72. The van der Waals surface area contributed by atoms with Gasteiger partial charge in [0.25, 0.3) is 0 Å². The standard InChI is InChI=1S/C22H19F2NO5S/c1-3-30-15-5-7-16(8-6-15)31(28,29)21(17-11-14(23)4-9-19(17)24)18-12-25-20(22(26)27)10-13(18)2/h4-12,21H,3H2,1-2H3,(H,26,27). The molecule has 31 heavy (non-hydrogen) atoms. The summed E-state index contributed by atoms with van der Waals surface area (Å²) in [5, 5.41) is 7.50. The van der Waals surface area contributed by atoms with Gasteiger partial charge in [0.1, 0.15) is 28.3 Å². The molecule has 3 rings (SSSR count). The second kappa shape index (κ2) is 8.81. The lowest BCUT2D eigenvalue weighted by Gasteiger charge is -2.21. The zero-order valence-electron chi connectivity index (χ0n) is 16.7. The number of pyridine rings is 1. The van der Waals surface area contributed by atoms with Gasteiger partial charge in [-0.25, -0.2) is 27.0 Å². The van der Waals surface area contributed by atoms with Crippen LogP contribution in [0.4, 0.5) is 8.78 Å². The van der Waals surface area contributed by atoms with E-state index in [1.165, 1.54) is 37.3 Å². The molecular weight excluding hydrogens is 428 g/mol. The van der Waals surface area contributed by atoms with Crippen molar-refractivity contribution in [1.82, 2.24) is 4.98 Å². The molecule has 9 heteroatoms. The minimum absolute atomic E-state index is 0.0448. The summed E-state index contributed by atoms with van der Waals surface area (Å²) in [5.41, 5.74) is -0.390. The Morgan fingerprint density at radius 2 is 1.77 bits per heavy atom. The highest BCUT2D eigenvalue weighted by Crippen LogP contribution is 2.38. The summed E-state index contributed by atoms with van der Waals surface area (Å²) in [7, 11) is -4.28. The average molecular weight is 447 g/mol. The molecule has 0 saturated heterocycles. The van der Waals surface area contributed by atoms with Gasteiger partial charge in [-0.3, -0.25) is 0 Å². The SMILES string of the molecule is CCOc1ccc(S(=O)(=O)C(c2cnc(C(=O)O)cc2C)c2cc(F)ccc2F)cc1. The molecule has 1 N–H and O–H groups in total. The third-order valence-electron chi connectivity index (χ3n) is 4.67.